The molecule has 7 heteroatoms. The molecule has 1 aromatic heterocycles. The van der Waals surface area contributed by atoms with Crippen molar-refractivity contribution >= 4 is 50.3 Å². The number of hydrogen-bond donors (Lipinski definition) is 0. The maximum Gasteiger partial charge on any atom is 0.410 e. The van der Waals surface area contributed by atoms with Crippen LogP contribution >= 0.6 is 27.5 Å². The Morgan fingerprint density at radius 2 is 2.03 bits per heavy atom. The van der Waals surface area contributed by atoms with Crippen LogP contribution in [-0.4, -0.2) is 47.3 Å². The Hall–Kier alpha value is -1.53. The number of pyridine rings is 1. The molecule has 0 saturated carbocycles. The third kappa shape index (κ3) is 3.59. The van der Waals surface area contributed by atoms with E-state index in [0.717, 1.165) is 57.8 Å². The summed E-state index contributed by atoms with van der Waals surface area (Å²) in [4.78, 5) is 21.5. The van der Waals surface area contributed by atoms with Crippen LogP contribution in [0.5, 0.6) is 0 Å². The number of aromatic nitrogens is 1. The lowest BCUT2D eigenvalue weighted by atomic mass is 9.74. The van der Waals surface area contributed by atoms with Gasteiger partial charge in [0.25, 0.3) is 0 Å². The molecule has 0 bridgehead atoms. The van der Waals surface area contributed by atoms with E-state index in [1.165, 1.54) is 0 Å². The lowest BCUT2D eigenvalue weighted by Gasteiger charge is -2.51. The highest BCUT2D eigenvalue weighted by Gasteiger charge is 2.55. The van der Waals surface area contributed by atoms with Crippen LogP contribution in [0.25, 0.3) is 10.9 Å². The predicted octanol–water partition coefficient (Wildman–Crippen LogP) is 5.79. The quantitative estimate of drug-likeness (QED) is 0.518. The first-order chi connectivity index (χ1) is 13.5. The highest BCUT2D eigenvalue weighted by atomic mass is 79.9. The molecule has 1 amide bonds. The van der Waals surface area contributed by atoms with Crippen molar-refractivity contribution in [2.75, 3.05) is 24.5 Å². The number of halogens is 2. The van der Waals surface area contributed by atoms with E-state index < -0.39 is 5.60 Å². The summed E-state index contributed by atoms with van der Waals surface area (Å²) in [6, 6.07) is 6.27. The van der Waals surface area contributed by atoms with Crippen molar-refractivity contribution in [1.82, 2.24) is 9.88 Å². The fourth-order valence-corrected chi connectivity index (χ4v) is 5.11. The Bertz CT molecular complexity index is 982. The summed E-state index contributed by atoms with van der Waals surface area (Å²) in [5.74, 6) is 0.945. The van der Waals surface area contributed by atoms with Gasteiger partial charge >= 0.3 is 6.09 Å². The van der Waals surface area contributed by atoms with Gasteiger partial charge in [-0.25, -0.2) is 9.78 Å². The van der Waals surface area contributed by atoms with Crippen LogP contribution in [0.2, 0.25) is 5.02 Å². The van der Waals surface area contributed by atoms with E-state index in [-0.39, 0.29) is 17.6 Å². The smallest absolute Gasteiger partial charge is 0.410 e. The Morgan fingerprint density at radius 1 is 1.34 bits per heavy atom. The molecule has 2 aliphatic rings. The first-order valence-electron chi connectivity index (χ1n) is 10.0. The first kappa shape index (κ1) is 20.7. The van der Waals surface area contributed by atoms with Crippen molar-refractivity contribution in [3.63, 3.8) is 0 Å². The molecule has 29 heavy (non-hydrogen) atoms. The van der Waals surface area contributed by atoms with Crippen molar-refractivity contribution in [2.24, 2.45) is 5.41 Å². The number of nitrogens with zero attached hydrogens (tertiary/aromatic N) is 3. The van der Waals surface area contributed by atoms with Gasteiger partial charge in [0.05, 0.1) is 10.5 Å². The van der Waals surface area contributed by atoms with E-state index in [0.29, 0.717) is 0 Å². The molecule has 2 aromatic rings. The predicted molar refractivity (Wildman–Crippen MR) is 121 cm³/mol. The number of carbonyl (C=O) groups is 1. The van der Waals surface area contributed by atoms with E-state index in [4.69, 9.17) is 21.3 Å². The number of likely N-dealkylation sites (tertiary alicyclic amines) is 1. The second kappa shape index (κ2) is 7.02. The molecular weight excluding hydrogens is 454 g/mol. The van der Waals surface area contributed by atoms with Crippen LogP contribution in [0.3, 0.4) is 0 Å². The molecule has 2 saturated heterocycles. The maximum absolute atomic E-state index is 12.4. The van der Waals surface area contributed by atoms with Crippen LogP contribution < -0.4 is 4.90 Å². The van der Waals surface area contributed by atoms with Crippen LogP contribution in [-0.2, 0) is 4.74 Å². The molecule has 2 aliphatic heterocycles. The normalized spacial score (nSPS) is 21.0. The third-order valence-corrected chi connectivity index (χ3v) is 7.21. The summed E-state index contributed by atoms with van der Waals surface area (Å²) < 4.78 is 6.51. The number of rotatable bonds is 1. The molecule has 4 rings (SSSR count). The molecular formula is C22H27BrClN3O2. The zero-order chi connectivity index (χ0) is 21.1. The van der Waals surface area contributed by atoms with E-state index in [1.54, 1.807) is 0 Å². The fourth-order valence-electron chi connectivity index (χ4n) is 4.52. The molecule has 3 heterocycles. The second-order valence-electron chi connectivity index (χ2n) is 9.35. The van der Waals surface area contributed by atoms with E-state index >= 15 is 0 Å². The first-order valence-corrected chi connectivity index (χ1v) is 11.2. The van der Waals surface area contributed by atoms with Gasteiger partial charge in [-0.2, -0.15) is 0 Å². The minimum atomic E-state index is -0.468. The van der Waals surface area contributed by atoms with Gasteiger partial charge in [0.1, 0.15) is 11.4 Å². The molecule has 5 nitrogen and oxygen atoms in total. The summed E-state index contributed by atoms with van der Waals surface area (Å²) in [5.41, 5.74) is 1.52. The van der Waals surface area contributed by atoms with Gasteiger partial charge in [-0.15, -0.1) is 0 Å². The van der Waals surface area contributed by atoms with Gasteiger partial charge in [-0.3, -0.25) is 0 Å². The standard InChI is InChI=1S/C22H27BrClN3O2/c1-13-18(24)16-7-6-15(23)10-17(16)25-19(13)27-9-8-22(14(27)2)11-26(12-22)20(28)29-21(3,4)5/h6-7,10,14H,8-9,11-12H2,1-5H3. The van der Waals surface area contributed by atoms with Crippen LogP contribution in [0.15, 0.2) is 22.7 Å². The number of hydrogen-bond acceptors (Lipinski definition) is 4. The van der Waals surface area contributed by atoms with Crippen LogP contribution in [0, 0.1) is 12.3 Å². The minimum absolute atomic E-state index is 0.0870. The molecule has 0 aliphatic carbocycles. The van der Waals surface area contributed by atoms with Crippen molar-refractivity contribution in [1.29, 1.82) is 0 Å². The third-order valence-electron chi connectivity index (χ3n) is 6.23. The average Bonchev–Trinajstić information content (AvgIpc) is 2.92. The fraction of sp³-hybridized carbons (Fsp3) is 0.545. The van der Waals surface area contributed by atoms with Gasteiger partial charge < -0.3 is 14.5 Å². The number of fused-ring (bicyclic) bond motifs is 1. The number of ether oxygens (including phenoxy) is 1. The van der Waals surface area contributed by atoms with E-state index in [2.05, 4.69) is 27.8 Å². The number of amides is 1. The van der Waals surface area contributed by atoms with Crippen LogP contribution in [0.4, 0.5) is 10.6 Å². The molecule has 156 valence electrons. The summed E-state index contributed by atoms with van der Waals surface area (Å²) >= 11 is 10.2. The Kier molecular flexibility index (Phi) is 5.02. The van der Waals surface area contributed by atoms with Gasteiger partial charge in [-0.05, 0) is 53.2 Å². The highest BCUT2D eigenvalue weighted by molar-refractivity contribution is 9.10. The largest absolute Gasteiger partial charge is 0.444 e. The van der Waals surface area contributed by atoms with Crippen molar-refractivity contribution in [3.05, 3.63) is 33.3 Å². The zero-order valence-electron chi connectivity index (χ0n) is 17.6. The van der Waals surface area contributed by atoms with E-state index in [9.17, 15) is 4.79 Å². The molecule has 0 radical (unpaired) electrons. The summed E-state index contributed by atoms with van der Waals surface area (Å²) in [5, 5.41) is 1.73. The average molecular weight is 481 g/mol. The minimum Gasteiger partial charge on any atom is -0.444 e. The SMILES string of the molecule is Cc1c(N2CCC3(CN(C(=O)OC(C)(C)C)C3)C2C)nc2cc(Br)ccc2c1Cl. The van der Waals surface area contributed by atoms with Crippen molar-refractivity contribution in [2.45, 2.75) is 52.7 Å². The Balaban J connectivity index is 1.57. The molecule has 1 atom stereocenters. The zero-order valence-corrected chi connectivity index (χ0v) is 19.9. The number of benzene rings is 1. The van der Waals surface area contributed by atoms with Crippen molar-refractivity contribution in [3.8, 4) is 0 Å². The molecule has 1 unspecified atom stereocenters. The van der Waals surface area contributed by atoms with Gasteiger partial charge in [0.15, 0.2) is 0 Å². The Labute approximate surface area is 185 Å². The summed E-state index contributed by atoms with van der Waals surface area (Å²) in [6.07, 6.45) is 0.810. The second-order valence-corrected chi connectivity index (χ2v) is 10.6. The topological polar surface area (TPSA) is 45.7 Å². The lowest BCUT2D eigenvalue weighted by molar-refractivity contribution is -0.0355. The van der Waals surface area contributed by atoms with Crippen molar-refractivity contribution < 1.29 is 9.53 Å². The monoisotopic (exact) mass is 479 g/mol. The van der Waals surface area contributed by atoms with E-state index in [1.807, 2.05) is 50.8 Å². The van der Waals surface area contributed by atoms with Gasteiger partial charge in [0, 0.05) is 46.5 Å². The van der Waals surface area contributed by atoms with Gasteiger partial charge in [-0.1, -0.05) is 33.6 Å². The summed E-state index contributed by atoms with van der Waals surface area (Å²) in [6.45, 7) is 12.3. The number of anilines is 1. The molecule has 1 aromatic carbocycles. The van der Waals surface area contributed by atoms with Gasteiger partial charge in [0.2, 0.25) is 0 Å². The highest BCUT2D eigenvalue weighted by Crippen LogP contribution is 2.47. The summed E-state index contributed by atoms with van der Waals surface area (Å²) in [7, 11) is 0. The van der Waals surface area contributed by atoms with Crippen LogP contribution in [0.1, 0.15) is 39.7 Å². The molecule has 0 N–H and O–H groups in total. The number of carbonyl (C=O) groups excluding carboxylic acids is 1. The maximum atomic E-state index is 12.4. The lowest BCUT2D eigenvalue weighted by Crippen LogP contribution is -2.63. The molecule has 1 spiro atoms. The Morgan fingerprint density at radius 3 is 2.69 bits per heavy atom. The molecule has 2 fully saturated rings.